The van der Waals surface area contributed by atoms with Crippen molar-refractivity contribution in [1.82, 2.24) is 0 Å². The van der Waals surface area contributed by atoms with E-state index < -0.39 is 0 Å². The molecule has 2 aliphatic rings. The van der Waals surface area contributed by atoms with Crippen molar-refractivity contribution >= 4 is 11.3 Å². The van der Waals surface area contributed by atoms with Gasteiger partial charge in [0.15, 0.2) is 0 Å². The zero-order valence-electron chi connectivity index (χ0n) is 6.50. The first-order valence-corrected chi connectivity index (χ1v) is 4.75. The van der Waals surface area contributed by atoms with Crippen molar-refractivity contribution in [3.63, 3.8) is 0 Å². The van der Waals surface area contributed by atoms with Gasteiger partial charge in [0.2, 0.25) is 0 Å². The second kappa shape index (κ2) is 2.67. The van der Waals surface area contributed by atoms with Gasteiger partial charge >= 0.3 is 0 Å². The van der Waals surface area contributed by atoms with Gasteiger partial charge in [-0.1, -0.05) is 25.1 Å². The second-order valence-corrected chi connectivity index (χ2v) is 3.55. The van der Waals surface area contributed by atoms with Crippen LogP contribution in [-0.4, -0.2) is 0 Å². The molecule has 0 fully saturated rings. The Hall–Kier alpha value is -0.820. The number of rotatable bonds is 1. The molecule has 0 amide bonds. The molecule has 56 valence electrons. The molecule has 0 saturated heterocycles. The van der Waals surface area contributed by atoms with E-state index in [1.54, 1.807) is 0 Å². The molecule has 0 saturated carbocycles. The molecule has 1 aliphatic heterocycles. The summed E-state index contributed by atoms with van der Waals surface area (Å²) in [5, 5.41) is 2.13. The van der Waals surface area contributed by atoms with Crippen molar-refractivity contribution in [2.45, 2.75) is 13.3 Å². The van der Waals surface area contributed by atoms with Crippen LogP contribution in [0.4, 0.5) is 0 Å². The summed E-state index contributed by atoms with van der Waals surface area (Å²) in [6.07, 6.45) is 1.14. The maximum absolute atomic E-state index is 2.22. The van der Waals surface area contributed by atoms with Gasteiger partial charge in [-0.15, -0.1) is 11.3 Å². The van der Waals surface area contributed by atoms with Crippen molar-refractivity contribution in [3.05, 3.63) is 35.2 Å². The van der Waals surface area contributed by atoms with Crippen LogP contribution in [0.25, 0.3) is 10.4 Å². The Labute approximate surface area is 70.8 Å². The molecular formula is C10H10S. The molecule has 0 aromatic carbocycles. The van der Waals surface area contributed by atoms with Gasteiger partial charge in [0.25, 0.3) is 0 Å². The van der Waals surface area contributed by atoms with Crippen LogP contribution in [0.15, 0.2) is 29.6 Å². The molecular weight excluding hydrogens is 152 g/mol. The quantitative estimate of drug-likeness (QED) is 0.602. The Morgan fingerprint density at radius 3 is 3.00 bits per heavy atom. The van der Waals surface area contributed by atoms with Crippen LogP contribution in [0.2, 0.25) is 0 Å². The SMILES string of the molecule is CCc1ccc2scccc1-2. The number of hydrogen-bond acceptors (Lipinski definition) is 1. The molecule has 1 aliphatic carbocycles. The van der Waals surface area contributed by atoms with Crippen LogP contribution in [0.5, 0.6) is 0 Å². The summed E-state index contributed by atoms with van der Waals surface area (Å²) in [7, 11) is 0. The predicted molar refractivity (Wildman–Crippen MR) is 50.3 cm³/mol. The number of aryl methyl sites for hydroxylation is 1. The smallest absolute Gasteiger partial charge is 0.0345 e. The predicted octanol–water partition coefficient (Wildman–Crippen LogP) is 3.42. The fourth-order valence-electron chi connectivity index (χ4n) is 1.36. The van der Waals surface area contributed by atoms with Crippen molar-refractivity contribution in [1.29, 1.82) is 0 Å². The molecule has 0 unspecified atom stereocenters. The maximum atomic E-state index is 2.22. The van der Waals surface area contributed by atoms with Gasteiger partial charge in [-0.3, -0.25) is 0 Å². The van der Waals surface area contributed by atoms with Crippen LogP contribution in [0, 0.1) is 0 Å². The summed E-state index contributed by atoms with van der Waals surface area (Å²) in [6, 6.07) is 8.75. The molecule has 0 radical (unpaired) electrons. The maximum Gasteiger partial charge on any atom is 0.0345 e. The Balaban J connectivity index is 2.64. The van der Waals surface area contributed by atoms with Gasteiger partial charge in [-0.25, -0.2) is 0 Å². The molecule has 1 heteroatoms. The second-order valence-electron chi connectivity index (χ2n) is 2.60. The molecule has 0 spiro atoms. The van der Waals surface area contributed by atoms with Gasteiger partial charge in [-0.05, 0) is 29.0 Å². The Bertz CT molecular complexity index is 322. The van der Waals surface area contributed by atoms with Crippen LogP contribution in [0.3, 0.4) is 0 Å². The van der Waals surface area contributed by atoms with Crippen molar-refractivity contribution in [2.24, 2.45) is 0 Å². The van der Waals surface area contributed by atoms with Crippen LogP contribution in [-0.2, 0) is 6.42 Å². The van der Waals surface area contributed by atoms with Crippen molar-refractivity contribution < 1.29 is 0 Å². The zero-order valence-corrected chi connectivity index (χ0v) is 7.32. The third-order valence-corrected chi connectivity index (χ3v) is 2.87. The molecule has 0 aromatic rings. The van der Waals surface area contributed by atoms with E-state index in [0.29, 0.717) is 0 Å². The molecule has 11 heavy (non-hydrogen) atoms. The van der Waals surface area contributed by atoms with E-state index in [-0.39, 0.29) is 0 Å². The fraction of sp³-hybridized carbons (Fsp3) is 0.200. The minimum Gasteiger partial charge on any atom is -0.144 e. The van der Waals surface area contributed by atoms with Gasteiger partial charge in [0, 0.05) is 4.88 Å². The van der Waals surface area contributed by atoms with E-state index >= 15 is 0 Å². The number of fused-ring (bicyclic) bond motifs is 1. The standard InChI is InChI=1S/C10H10S/c1-2-8-5-6-10-9(8)4-3-7-11-10/h3-7H,2H2,1H3. The summed E-state index contributed by atoms with van der Waals surface area (Å²) in [4.78, 5) is 1.41. The van der Waals surface area contributed by atoms with E-state index in [2.05, 4.69) is 36.6 Å². The normalized spacial score (nSPS) is 10.6. The molecule has 0 aromatic heterocycles. The average molecular weight is 162 g/mol. The minimum absolute atomic E-state index is 1.14. The fourth-order valence-corrected chi connectivity index (χ4v) is 2.14. The highest BCUT2D eigenvalue weighted by atomic mass is 32.1. The van der Waals surface area contributed by atoms with E-state index in [9.17, 15) is 0 Å². The van der Waals surface area contributed by atoms with E-state index in [1.165, 1.54) is 16.0 Å². The lowest BCUT2D eigenvalue weighted by molar-refractivity contribution is 1.16. The average Bonchev–Trinajstić information content (AvgIpc) is 2.47. The minimum atomic E-state index is 1.14. The Morgan fingerprint density at radius 2 is 2.18 bits per heavy atom. The van der Waals surface area contributed by atoms with Crippen LogP contribution >= 0.6 is 11.3 Å². The molecule has 0 atom stereocenters. The lowest BCUT2D eigenvalue weighted by atomic mass is 10.1. The van der Waals surface area contributed by atoms with Gasteiger partial charge in [0.1, 0.15) is 0 Å². The van der Waals surface area contributed by atoms with E-state index in [0.717, 1.165) is 6.42 Å². The highest BCUT2D eigenvalue weighted by Crippen LogP contribution is 2.30. The van der Waals surface area contributed by atoms with E-state index in [1.807, 2.05) is 11.3 Å². The Kier molecular flexibility index (Phi) is 1.66. The van der Waals surface area contributed by atoms with Gasteiger partial charge in [0.05, 0.1) is 0 Å². The molecule has 2 rings (SSSR count). The van der Waals surface area contributed by atoms with Crippen LogP contribution < -0.4 is 0 Å². The first-order chi connectivity index (χ1) is 5.42. The molecule has 0 bridgehead atoms. The lowest BCUT2D eigenvalue weighted by Gasteiger charge is -1.98. The van der Waals surface area contributed by atoms with E-state index in [4.69, 9.17) is 0 Å². The summed E-state index contributed by atoms with van der Waals surface area (Å²) < 4.78 is 0. The summed E-state index contributed by atoms with van der Waals surface area (Å²) in [5.74, 6) is 0. The van der Waals surface area contributed by atoms with Crippen molar-refractivity contribution in [3.8, 4) is 10.4 Å². The van der Waals surface area contributed by atoms with Crippen LogP contribution in [0.1, 0.15) is 12.5 Å². The largest absolute Gasteiger partial charge is 0.144 e. The monoisotopic (exact) mass is 162 g/mol. The lowest BCUT2D eigenvalue weighted by Crippen LogP contribution is -1.76. The molecule has 0 N–H and O–H groups in total. The molecule has 0 nitrogen and oxygen atoms in total. The highest BCUT2D eigenvalue weighted by molar-refractivity contribution is 7.13. The number of hydrogen-bond donors (Lipinski definition) is 0. The summed E-state index contributed by atoms with van der Waals surface area (Å²) in [6.45, 7) is 2.20. The first kappa shape index (κ1) is 6.86. The van der Waals surface area contributed by atoms with Crippen molar-refractivity contribution in [2.75, 3.05) is 0 Å². The molecule has 1 heterocycles. The summed E-state index contributed by atoms with van der Waals surface area (Å²) in [5.41, 5.74) is 2.90. The summed E-state index contributed by atoms with van der Waals surface area (Å²) >= 11 is 1.81. The van der Waals surface area contributed by atoms with Gasteiger partial charge in [-0.2, -0.15) is 0 Å². The Morgan fingerprint density at radius 1 is 1.27 bits per heavy atom. The van der Waals surface area contributed by atoms with Gasteiger partial charge < -0.3 is 0 Å². The third kappa shape index (κ3) is 1.05. The third-order valence-electron chi connectivity index (χ3n) is 1.96. The first-order valence-electron chi connectivity index (χ1n) is 3.87. The zero-order chi connectivity index (χ0) is 7.68. The topological polar surface area (TPSA) is 0 Å². The highest BCUT2D eigenvalue weighted by Gasteiger charge is 2.05.